The number of nitrogens with two attached hydrogens (primary N) is 1. The summed E-state index contributed by atoms with van der Waals surface area (Å²) in [5, 5.41) is 3.19. The van der Waals surface area contributed by atoms with Gasteiger partial charge in [-0.05, 0) is 43.0 Å². The number of morpholine rings is 1. The molecule has 2 aliphatic rings. The first-order valence-corrected chi connectivity index (χ1v) is 9.02. The van der Waals surface area contributed by atoms with Gasteiger partial charge in [0.1, 0.15) is 0 Å². The second-order valence-electron chi connectivity index (χ2n) is 7.37. The third kappa shape index (κ3) is 3.97. The van der Waals surface area contributed by atoms with Crippen LogP contribution in [0.15, 0.2) is 24.3 Å². The van der Waals surface area contributed by atoms with E-state index < -0.39 is 0 Å². The van der Waals surface area contributed by atoms with Gasteiger partial charge in [0.15, 0.2) is 0 Å². The van der Waals surface area contributed by atoms with Crippen molar-refractivity contribution in [3.63, 3.8) is 0 Å². The lowest BCUT2D eigenvalue weighted by molar-refractivity contribution is -0.0683. The first-order chi connectivity index (χ1) is 11.6. The first-order valence-electron chi connectivity index (χ1n) is 9.02. The van der Waals surface area contributed by atoms with E-state index in [4.69, 9.17) is 10.5 Å². The average molecular weight is 331 g/mol. The predicted octanol–water partition coefficient (Wildman–Crippen LogP) is 1.42. The van der Waals surface area contributed by atoms with Crippen molar-refractivity contribution in [3.05, 3.63) is 35.4 Å². The van der Waals surface area contributed by atoms with Crippen molar-refractivity contribution in [2.45, 2.75) is 44.9 Å². The molecule has 1 aromatic carbocycles. The van der Waals surface area contributed by atoms with Crippen LogP contribution in [0.1, 0.15) is 36.2 Å². The maximum Gasteiger partial charge on any atom is 0.251 e. The van der Waals surface area contributed by atoms with Gasteiger partial charge in [0.2, 0.25) is 0 Å². The number of hydrogen-bond acceptors (Lipinski definition) is 4. The molecule has 3 atom stereocenters. The second kappa shape index (κ2) is 7.64. The van der Waals surface area contributed by atoms with Gasteiger partial charge in [0.25, 0.3) is 5.91 Å². The SMILES string of the molecule is CC(C)[C@H]1CN2C[C@H](NC(=O)c3ccc(CCN)cc3)C[C@H]2CO1. The van der Waals surface area contributed by atoms with Crippen LogP contribution in [0.4, 0.5) is 0 Å². The normalized spacial score (nSPS) is 27.2. The Labute approximate surface area is 144 Å². The topological polar surface area (TPSA) is 67.6 Å². The van der Waals surface area contributed by atoms with Crippen LogP contribution < -0.4 is 11.1 Å². The number of amides is 1. The van der Waals surface area contributed by atoms with Crippen LogP contribution in [0.5, 0.6) is 0 Å². The van der Waals surface area contributed by atoms with Gasteiger partial charge in [-0.2, -0.15) is 0 Å². The van der Waals surface area contributed by atoms with Crippen molar-refractivity contribution >= 4 is 5.91 Å². The van der Waals surface area contributed by atoms with E-state index in [2.05, 4.69) is 24.1 Å². The Morgan fingerprint density at radius 3 is 2.75 bits per heavy atom. The summed E-state index contributed by atoms with van der Waals surface area (Å²) < 4.78 is 5.96. The number of hydrogen-bond donors (Lipinski definition) is 2. The summed E-state index contributed by atoms with van der Waals surface area (Å²) in [7, 11) is 0. The molecular weight excluding hydrogens is 302 g/mol. The van der Waals surface area contributed by atoms with Crippen LogP contribution >= 0.6 is 0 Å². The summed E-state index contributed by atoms with van der Waals surface area (Å²) in [6.45, 7) is 7.72. The van der Waals surface area contributed by atoms with E-state index in [0.717, 1.165) is 38.1 Å². The van der Waals surface area contributed by atoms with Crippen molar-refractivity contribution in [2.75, 3.05) is 26.2 Å². The summed E-state index contributed by atoms with van der Waals surface area (Å²) in [6, 6.07) is 8.40. The number of ether oxygens (including phenoxy) is 1. The highest BCUT2D eigenvalue weighted by molar-refractivity contribution is 5.94. The molecule has 0 aromatic heterocycles. The number of fused-ring (bicyclic) bond motifs is 1. The number of carbonyl (C=O) groups is 1. The molecule has 0 saturated carbocycles. The molecule has 1 aromatic rings. The Bertz CT molecular complexity index is 558. The molecule has 0 spiro atoms. The summed E-state index contributed by atoms with van der Waals surface area (Å²) >= 11 is 0. The van der Waals surface area contributed by atoms with Crippen molar-refractivity contribution in [2.24, 2.45) is 11.7 Å². The summed E-state index contributed by atoms with van der Waals surface area (Å²) in [6.07, 6.45) is 2.13. The Hall–Kier alpha value is -1.43. The number of rotatable bonds is 5. The fraction of sp³-hybridized carbons (Fsp3) is 0.632. The van der Waals surface area contributed by atoms with Gasteiger partial charge in [0.05, 0.1) is 12.7 Å². The lowest BCUT2D eigenvalue weighted by Gasteiger charge is -2.36. The fourth-order valence-corrected chi connectivity index (χ4v) is 3.67. The number of nitrogens with one attached hydrogen (secondary N) is 1. The number of carbonyl (C=O) groups excluding carboxylic acids is 1. The molecule has 2 saturated heterocycles. The second-order valence-corrected chi connectivity index (χ2v) is 7.37. The minimum atomic E-state index is 0.0143. The van der Waals surface area contributed by atoms with Crippen LogP contribution in [-0.4, -0.2) is 55.2 Å². The number of nitrogens with zero attached hydrogens (tertiary/aromatic N) is 1. The zero-order chi connectivity index (χ0) is 17.1. The van der Waals surface area contributed by atoms with Crippen molar-refractivity contribution < 1.29 is 9.53 Å². The molecular formula is C19H29N3O2. The third-order valence-electron chi connectivity index (χ3n) is 5.17. The fourth-order valence-electron chi connectivity index (χ4n) is 3.67. The molecule has 2 heterocycles. The zero-order valence-corrected chi connectivity index (χ0v) is 14.7. The van der Waals surface area contributed by atoms with Gasteiger partial charge in [-0.15, -0.1) is 0 Å². The molecule has 0 radical (unpaired) electrons. The maximum atomic E-state index is 12.5. The van der Waals surface area contributed by atoms with E-state index in [0.29, 0.717) is 24.6 Å². The number of benzene rings is 1. The van der Waals surface area contributed by atoms with E-state index in [1.807, 2.05) is 24.3 Å². The van der Waals surface area contributed by atoms with Gasteiger partial charge >= 0.3 is 0 Å². The highest BCUT2D eigenvalue weighted by atomic mass is 16.5. The molecule has 5 heteroatoms. The quantitative estimate of drug-likeness (QED) is 0.856. The van der Waals surface area contributed by atoms with Gasteiger partial charge in [0, 0.05) is 30.7 Å². The summed E-state index contributed by atoms with van der Waals surface area (Å²) in [5.41, 5.74) is 7.45. The average Bonchev–Trinajstić information content (AvgIpc) is 2.97. The lowest BCUT2D eigenvalue weighted by atomic mass is 10.0. The van der Waals surface area contributed by atoms with Gasteiger partial charge in [-0.25, -0.2) is 0 Å². The Balaban J connectivity index is 1.54. The maximum absolute atomic E-state index is 12.5. The van der Waals surface area contributed by atoms with Crippen LogP contribution in [0.2, 0.25) is 0 Å². The van der Waals surface area contributed by atoms with Gasteiger partial charge < -0.3 is 15.8 Å². The Morgan fingerprint density at radius 1 is 1.33 bits per heavy atom. The predicted molar refractivity (Wildman–Crippen MR) is 95.0 cm³/mol. The van der Waals surface area contributed by atoms with Crippen molar-refractivity contribution in [1.82, 2.24) is 10.2 Å². The summed E-state index contributed by atoms with van der Waals surface area (Å²) in [5.74, 6) is 0.548. The highest BCUT2D eigenvalue weighted by Gasteiger charge is 2.38. The standard InChI is InChI=1S/C19H29N3O2/c1-13(2)18-11-22-10-16(9-17(22)12-24-18)21-19(23)15-5-3-14(4-6-15)7-8-20/h3-6,13,16-18H,7-12,20H2,1-2H3,(H,21,23)/t16-,17+,18-/m1/s1. The molecule has 1 amide bonds. The molecule has 3 N–H and O–H groups in total. The van der Waals surface area contributed by atoms with E-state index in [9.17, 15) is 4.79 Å². The molecule has 2 fully saturated rings. The smallest absolute Gasteiger partial charge is 0.251 e. The minimum absolute atomic E-state index is 0.0143. The zero-order valence-electron chi connectivity index (χ0n) is 14.7. The largest absolute Gasteiger partial charge is 0.375 e. The third-order valence-corrected chi connectivity index (χ3v) is 5.17. The molecule has 0 bridgehead atoms. The van der Waals surface area contributed by atoms with Crippen molar-refractivity contribution in [1.29, 1.82) is 0 Å². The molecule has 132 valence electrons. The Morgan fingerprint density at radius 2 is 2.08 bits per heavy atom. The van der Waals surface area contributed by atoms with Gasteiger partial charge in [-0.1, -0.05) is 26.0 Å². The molecule has 2 aliphatic heterocycles. The van der Waals surface area contributed by atoms with Crippen LogP contribution in [0.3, 0.4) is 0 Å². The van der Waals surface area contributed by atoms with Crippen LogP contribution in [0, 0.1) is 5.92 Å². The monoisotopic (exact) mass is 331 g/mol. The van der Waals surface area contributed by atoms with E-state index >= 15 is 0 Å². The summed E-state index contributed by atoms with van der Waals surface area (Å²) in [4.78, 5) is 14.9. The van der Waals surface area contributed by atoms with E-state index in [1.165, 1.54) is 5.56 Å². The molecule has 0 aliphatic carbocycles. The van der Waals surface area contributed by atoms with E-state index in [-0.39, 0.29) is 11.9 Å². The van der Waals surface area contributed by atoms with Crippen LogP contribution in [0.25, 0.3) is 0 Å². The van der Waals surface area contributed by atoms with Crippen molar-refractivity contribution in [3.8, 4) is 0 Å². The minimum Gasteiger partial charge on any atom is -0.375 e. The molecule has 5 nitrogen and oxygen atoms in total. The van der Waals surface area contributed by atoms with E-state index in [1.54, 1.807) is 0 Å². The first kappa shape index (κ1) is 17.4. The molecule has 3 rings (SSSR count). The molecule has 0 unspecified atom stereocenters. The van der Waals surface area contributed by atoms with Gasteiger partial charge in [-0.3, -0.25) is 9.69 Å². The molecule has 24 heavy (non-hydrogen) atoms. The lowest BCUT2D eigenvalue weighted by Crippen LogP contribution is -2.48. The Kier molecular flexibility index (Phi) is 5.54. The van der Waals surface area contributed by atoms with Crippen LogP contribution in [-0.2, 0) is 11.2 Å². The highest BCUT2D eigenvalue weighted by Crippen LogP contribution is 2.26.